The fourth-order valence-electron chi connectivity index (χ4n) is 3.26. The van der Waals surface area contributed by atoms with E-state index in [0.29, 0.717) is 22.3 Å². The lowest BCUT2D eigenvalue weighted by molar-refractivity contribution is -0.0886. The van der Waals surface area contributed by atoms with Gasteiger partial charge in [-0.2, -0.15) is 0 Å². The van der Waals surface area contributed by atoms with Gasteiger partial charge in [0.1, 0.15) is 5.75 Å². The number of hydrogen-bond donors (Lipinski definition) is 0. The molecule has 7 nitrogen and oxygen atoms in total. The summed E-state index contributed by atoms with van der Waals surface area (Å²) in [6.45, 7) is 7.83. The molecule has 0 N–H and O–H groups in total. The van der Waals surface area contributed by atoms with Gasteiger partial charge in [0.25, 0.3) is 10.0 Å². The number of nitrogens with zero attached hydrogens (tertiary/aromatic N) is 2. The number of benzene rings is 1. The summed E-state index contributed by atoms with van der Waals surface area (Å²) in [4.78, 5) is 4.46. The first-order valence-corrected chi connectivity index (χ1v) is 10.7. The van der Waals surface area contributed by atoms with Gasteiger partial charge in [0.05, 0.1) is 23.2 Å². The summed E-state index contributed by atoms with van der Waals surface area (Å²) in [5, 5.41) is 0.670. The second-order valence-electron chi connectivity index (χ2n) is 8.02. The van der Waals surface area contributed by atoms with Crippen LogP contribution in [-0.4, -0.2) is 35.7 Å². The van der Waals surface area contributed by atoms with Crippen molar-refractivity contribution >= 4 is 21.1 Å². The summed E-state index contributed by atoms with van der Waals surface area (Å²) >= 11 is 0. The maximum Gasteiger partial charge on any atom is 0.269 e. The van der Waals surface area contributed by atoms with Gasteiger partial charge in [0.15, 0.2) is 11.9 Å². The molecular formula is C21H24N2O5S. The van der Waals surface area contributed by atoms with E-state index in [-0.39, 0.29) is 4.90 Å². The molecular weight excluding hydrogens is 392 g/mol. The molecule has 0 radical (unpaired) electrons. The number of methoxy groups -OCH3 is 1. The molecule has 1 aliphatic rings. The van der Waals surface area contributed by atoms with E-state index >= 15 is 0 Å². The standard InChI is InChI=1S/C21H24N2O5S/c1-20(2)21(3,4)28-19(27-20)17-13-23(18-16(17)7-6-12-22-18)29(24,25)15-10-8-14(26-5)9-11-15/h6-13,19H,1-5H3. The molecule has 0 aliphatic carbocycles. The van der Waals surface area contributed by atoms with Crippen LogP contribution < -0.4 is 4.74 Å². The molecule has 3 aromatic rings. The predicted molar refractivity (Wildman–Crippen MR) is 108 cm³/mol. The van der Waals surface area contributed by atoms with Crippen molar-refractivity contribution in [3.63, 3.8) is 0 Å². The van der Waals surface area contributed by atoms with Crippen LogP contribution in [0.1, 0.15) is 39.5 Å². The van der Waals surface area contributed by atoms with Crippen LogP contribution in [0.25, 0.3) is 11.0 Å². The quantitative estimate of drug-likeness (QED) is 0.642. The summed E-state index contributed by atoms with van der Waals surface area (Å²) in [7, 11) is -2.34. The molecule has 29 heavy (non-hydrogen) atoms. The summed E-state index contributed by atoms with van der Waals surface area (Å²) in [6, 6.07) is 9.83. The van der Waals surface area contributed by atoms with Crippen molar-refractivity contribution in [2.75, 3.05) is 7.11 Å². The Morgan fingerprint density at radius 1 is 1.03 bits per heavy atom. The monoisotopic (exact) mass is 416 g/mol. The number of rotatable bonds is 4. The van der Waals surface area contributed by atoms with E-state index in [2.05, 4.69) is 4.98 Å². The molecule has 0 bridgehead atoms. The van der Waals surface area contributed by atoms with Crippen LogP contribution in [0.15, 0.2) is 53.7 Å². The van der Waals surface area contributed by atoms with Crippen molar-refractivity contribution in [1.29, 1.82) is 0 Å². The van der Waals surface area contributed by atoms with Crippen molar-refractivity contribution in [2.24, 2.45) is 0 Å². The average Bonchev–Trinajstić information content (AvgIpc) is 3.17. The molecule has 1 aromatic carbocycles. The highest BCUT2D eigenvalue weighted by Gasteiger charge is 2.50. The highest BCUT2D eigenvalue weighted by Crippen LogP contribution is 2.46. The van der Waals surface area contributed by atoms with Crippen LogP contribution >= 0.6 is 0 Å². The Labute approximate surface area is 170 Å². The third-order valence-corrected chi connectivity index (χ3v) is 7.35. The van der Waals surface area contributed by atoms with E-state index in [1.807, 2.05) is 33.8 Å². The topological polar surface area (TPSA) is 79.7 Å². The second-order valence-corrected chi connectivity index (χ2v) is 9.84. The Morgan fingerprint density at radius 2 is 1.66 bits per heavy atom. The molecule has 0 atom stereocenters. The maximum absolute atomic E-state index is 13.3. The fourth-order valence-corrected chi connectivity index (χ4v) is 4.59. The van der Waals surface area contributed by atoms with Crippen LogP contribution in [0.2, 0.25) is 0 Å². The normalized spacial score (nSPS) is 18.9. The molecule has 1 saturated heterocycles. The van der Waals surface area contributed by atoms with E-state index in [4.69, 9.17) is 14.2 Å². The van der Waals surface area contributed by atoms with Gasteiger partial charge in [-0.3, -0.25) is 0 Å². The third-order valence-electron chi connectivity index (χ3n) is 5.69. The predicted octanol–water partition coefficient (Wildman–Crippen LogP) is 3.88. The minimum atomic E-state index is -3.87. The molecule has 0 unspecified atom stereocenters. The zero-order valence-electron chi connectivity index (χ0n) is 17.0. The minimum Gasteiger partial charge on any atom is -0.497 e. The Bertz CT molecular complexity index is 1150. The summed E-state index contributed by atoms with van der Waals surface area (Å²) in [5.74, 6) is 0.581. The van der Waals surface area contributed by atoms with E-state index in [1.165, 1.54) is 23.2 Å². The summed E-state index contributed by atoms with van der Waals surface area (Å²) in [5.41, 5.74) is -0.122. The Kier molecular flexibility index (Phi) is 4.49. The van der Waals surface area contributed by atoms with E-state index in [0.717, 1.165) is 0 Å². The van der Waals surface area contributed by atoms with Gasteiger partial charge in [-0.15, -0.1) is 0 Å². The van der Waals surface area contributed by atoms with Crippen molar-refractivity contribution in [2.45, 2.75) is 50.1 Å². The lowest BCUT2D eigenvalue weighted by Crippen LogP contribution is -2.41. The zero-order valence-corrected chi connectivity index (χ0v) is 17.9. The van der Waals surface area contributed by atoms with Crippen molar-refractivity contribution < 1.29 is 22.6 Å². The zero-order chi connectivity index (χ0) is 21.0. The molecule has 1 aliphatic heterocycles. The lowest BCUT2D eigenvalue weighted by atomic mass is 9.90. The molecule has 8 heteroatoms. The van der Waals surface area contributed by atoms with Crippen molar-refractivity contribution in [3.05, 3.63) is 54.4 Å². The van der Waals surface area contributed by atoms with Crippen molar-refractivity contribution in [3.8, 4) is 5.75 Å². The first-order chi connectivity index (χ1) is 13.6. The first-order valence-electron chi connectivity index (χ1n) is 9.28. The van der Waals surface area contributed by atoms with Crippen molar-refractivity contribution in [1.82, 2.24) is 8.96 Å². The SMILES string of the molecule is COc1ccc(S(=O)(=O)n2cc(C3OC(C)(C)C(C)(C)O3)c3cccnc32)cc1. The second kappa shape index (κ2) is 6.55. The fraction of sp³-hybridized carbons (Fsp3) is 0.381. The van der Waals surface area contributed by atoms with Gasteiger partial charge in [0.2, 0.25) is 0 Å². The molecule has 3 heterocycles. The molecule has 154 valence electrons. The smallest absolute Gasteiger partial charge is 0.269 e. The van der Waals surface area contributed by atoms with Gasteiger partial charge < -0.3 is 14.2 Å². The number of fused-ring (bicyclic) bond motifs is 1. The Morgan fingerprint density at radius 3 is 2.24 bits per heavy atom. The number of hydrogen-bond acceptors (Lipinski definition) is 6. The maximum atomic E-state index is 13.3. The lowest BCUT2D eigenvalue weighted by Gasteiger charge is -2.30. The van der Waals surface area contributed by atoms with Crippen LogP contribution in [0, 0.1) is 0 Å². The molecule has 0 spiro atoms. The van der Waals surface area contributed by atoms with E-state index in [1.54, 1.807) is 30.6 Å². The average molecular weight is 416 g/mol. The molecule has 0 saturated carbocycles. The molecule has 4 rings (SSSR count). The van der Waals surface area contributed by atoms with Crippen LogP contribution in [-0.2, 0) is 19.5 Å². The number of ether oxygens (including phenoxy) is 3. The molecule has 2 aromatic heterocycles. The van der Waals surface area contributed by atoms with Gasteiger partial charge in [-0.1, -0.05) is 0 Å². The number of aromatic nitrogens is 2. The molecule has 1 fully saturated rings. The first kappa shape index (κ1) is 19.9. The molecule has 0 amide bonds. The van der Waals surface area contributed by atoms with Gasteiger partial charge in [0, 0.05) is 23.3 Å². The summed E-state index contributed by atoms with van der Waals surface area (Å²) < 4.78 is 45.3. The van der Waals surface area contributed by atoms with Gasteiger partial charge in [-0.25, -0.2) is 17.4 Å². The summed E-state index contributed by atoms with van der Waals surface area (Å²) in [6.07, 6.45) is 2.41. The largest absolute Gasteiger partial charge is 0.497 e. The Balaban J connectivity index is 1.85. The van der Waals surface area contributed by atoms with Gasteiger partial charge >= 0.3 is 0 Å². The van der Waals surface area contributed by atoms with Crippen LogP contribution in [0.4, 0.5) is 0 Å². The minimum absolute atomic E-state index is 0.140. The van der Waals surface area contributed by atoms with E-state index in [9.17, 15) is 8.42 Å². The van der Waals surface area contributed by atoms with Crippen LogP contribution in [0.5, 0.6) is 5.75 Å². The van der Waals surface area contributed by atoms with Gasteiger partial charge in [-0.05, 0) is 64.1 Å². The van der Waals surface area contributed by atoms with E-state index < -0.39 is 27.5 Å². The third kappa shape index (κ3) is 3.11. The highest BCUT2D eigenvalue weighted by molar-refractivity contribution is 7.90. The highest BCUT2D eigenvalue weighted by atomic mass is 32.2. The number of pyridine rings is 1. The Hall–Kier alpha value is -2.42. The van der Waals surface area contributed by atoms with Crippen LogP contribution in [0.3, 0.4) is 0 Å².